The van der Waals surface area contributed by atoms with Crippen molar-refractivity contribution in [2.75, 3.05) is 6.61 Å². The Kier molecular flexibility index (Phi) is 11.9. The molecule has 0 aromatic heterocycles. The van der Waals surface area contributed by atoms with Gasteiger partial charge in [0.2, 0.25) is 0 Å². The highest BCUT2D eigenvalue weighted by molar-refractivity contribution is 8.96. The third-order valence-electron chi connectivity index (χ3n) is 11.0. The number of rotatable bonds is 8. The van der Waals surface area contributed by atoms with Crippen molar-refractivity contribution in [3.8, 4) is 0 Å². The summed E-state index contributed by atoms with van der Waals surface area (Å²) in [6.07, 6.45) is -3.92. The summed E-state index contributed by atoms with van der Waals surface area (Å²) in [5, 5.41) is 24.5. The second kappa shape index (κ2) is 14.4. The lowest BCUT2D eigenvalue weighted by molar-refractivity contribution is -0.345. The Morgan fingerprint density at radius 3 is 2.11 bits per heavy atom. The molecule has 0 radical (unpaired) electrons. The van der Waals surface area contributed by atoms with Gasteiger partial charge in [0, 0.05) is 36.2 Å². The second-order valence-corrected chi connectivity index (χ2v) is 37.6. The van der Waals surface area contributed by atoms with Crippen LogP contribution in [0.15, 0.2) is 41.5 Å². The van der Waals surface area contributed by atoms with E-state index in [4.69, 9.17) is 18.7 Å². The Balaban J connectivity index is 1.84. The molecule has 5 rings (SSSR count). The SMILES string of the molecule is CC(=O)O[C@@]12CO[C@@H]1C[C@H](OP(P(P)P)P(P)P)[C@]1(C)C2[C@H](OC(=O)c2ccccc2)C2C[C@H](O)C(C)C(=C(C(C)=O)[C@H]1O)C2(C)C. The van der Waals surface area contributed by atoms with Crippen molar-refractivity contribution in [3.05, 3.63) is 47.0 Å². The summed E-state index contributed by atoms with van der Waals surface area (Å²) in [6.45, 7) is 9.20. The maximum Gasteiger partial charge on any atom is 0.338 e. The number of benzene rings is 1. The first-order chi connectivity index (χ1) is 21.9. The van der Waals surface area contributed by atoms with Crippen LogP contribution in [0.25, 0.3) is 0 Å². The van der Waals surface area contributed by atoms with E-state index in [-0.39, 0.29) is 24.4 Å². The molecule has 2 bridgehead atoms. The zero-order chi connectivity index (χ0) is 34.8. The second-order valence-electron chi connectivity index (χ2n) is 14.0. The van der Waals surface area contributed by atoms with Gasteiger partial charge in [-0.3, -0.25) is 9.59 Å². The molecule has 14 atom stereocenters. The maximum atomic E-state index is 14.0. The fraction of sp³-hybridized carbons (Fsp3) is 0.645. The number of hydrogen-bond donors (Lipinski definition) is 2. The molecule has 3 aliphatic carbocycles. The molecule has 16 heteroatoms. The van der Waals surface area contributed by atoms with Gasteiger partial charge >= 0.3 is 11.9 Å². The number of ketones is 1. The van der Waals surface area contributed by atoms with Crippen molar-refractivity contribution in [2.45, 2.75) is 90.5 Å². The van der Waals surface area contributed by atoms with E-state index in [1.165, 1.54) is 13.8 Å². The summed E-state index contributed by atoms with van der Waals surface area (Å²) in [7, 11) is 10.4. The molecule has 47 heavy (non-hydrogen) atoms. The normalized spacial score (nSPS) is 37.8. The lowest BCUT2D eigenvalue weighted by Gasteiger charge is -2.68. The first kappa shape index (κ1) is 38.6. The summed E-state index contributed by atoms with van der Waals surface area (Å²) in [6, 6.07) is 8.69. The van der Waals surface area contributed by atoms with Crippen LogP contribution >= 0.6 is 57.2 Å². The van der Waals surface area contributed by atoms with E-state index in [1.54, 1.807) is 24.3 Å². The number of fused-ring (bicyclic) bond motifs is 5. The highest BCUT2D eigenvalue weighted by atomic mass is 33.0. The summed E-state index contributed by atoms with van der Waals surface area (Å²) in [4.78, 5) is 40.8. The molecule has 2 saturated carbocycles. The Labute approximate surface area is 290 Å². The molecule has 1 aliphatic heterocycles. The van der Waals surface area contributed by atoms with Gasteiger partial charge in [0.1, 0.15) is 12.2 Å². The van der Waals surface area contributed by atoms with Gasteiger partial charge in [-0.1, -0.05) is 45.9 Å². The first-order valence-corrected chi connectivity index (χ1v) is 27.5. The van der Waals surface area contributed by atoms with Crippen molar-refractivity contribution >= 4 is 74.9 Å². The molecule has 260 valence electrons. The van der Waals surface area contributed by atoms with Crippen molar-refractivity contribution in [3.63, 3.8) is 0 Å². The van der Waals surface area contributed by atoms with E-state index in [1.807, 2.05) is 33.8 Å². The van der Waals surface area contributed by atoms with Gasteiger partial charge in [0.05, 0.1) is 43.9 Å². The quantitative estimate of drug-likeness (QED) is 0.212. The van der Waals surface area contributed by atoms with Crippen LogP contribution in [0, 0.1) is 28.6 Å². The Morgan fingerprint density at radius 1 is 0.979 bits per heavy atom. The van der Waals surface area contributed by atoms with E-state index in [0.29, 0.717) is 17.6 Å². The lowest BCUT2D eigenvalue weighted by Crippen LogP contribution is -2.79. The number of ether oxygens (including phenoxy) is 3. The predicted octanol–water partition coefficient (Wildman–Crippen LogP) is 6.98. The van der Waals surface area contributed by atoms with Crippen LogP contribution in [0.2, 0.25) is 0 Å². The molecule has 1 saturated heterocycles. The summed E-state index contributed by atoms with van der Waals surface area (Å²) in [5.74, 6) is -3.21. The Bertz CT molecular complexity index is 1420. The van der Waals surface area contributed by atoms with E-state index in [2.05, 4.69) is 35.7 Å². The molecule has 9 nitrogen and oxygen atoms in total. The minimum Gasteiger partial charge on any atom is -0.458 e. The summed E-state index contributed by atoms with van der Waals surface area (Å²) >= 11 is 0. The van der Waals surface area contributed by atoms with Crippen LogP contribution in [0.4, 0.5) is 0 Å². The molecular formula is C31H47O9P7. The zero-order valence-electron chi connectivity index (χ0n) is 27.5. The zero-order valence-corrected chi connectivity index (χ0v) is 34.8. The topological polar surface area (TPSA) is 129 Å². The maximum absolute atomic E-state index is 14.0. The monoisotopic (exact) mass is 780 g/mol. The van der Waals surface area contributed by atoms with Crippen LogP contribution in [0.5, 0.6) is 0 Å². The number of aliphatic hydroxyl groups excluding tert-OH is 2. The average Bonchev–Trinajstić information content (AvgIpc) is 2.97. The standard InChI is InChI=1S/C31H47O9P7/c1-15-20(34)12-19-25(38-28(36)18-10-8-7-9-11-18)26-30(6,27(35)23(16(2)32)24(15)29(19,4)5)21(40-45(46(41)42)47(43)44)13-22-31(26,14-37-22)39-17(3)33/h7-11,15,19-22,25-27,34-35H,12-14,41-44H2,1-6H3/t15?,19?,20-,21-,22+,25+,26?,27+,30+,31-/m0/s1. The largest absolute Gasteiger partial charge is 0.458 e. The van der Waals surface area contributed by atoms with Crippen LogP contribution in [0.1, 0.15) is 64.7 Å². The number of esters is 2. The predicted molar refractivity (Wildman–Crippen MR) is 201 cm³/mol. The lowest BCUT2D eigenvalue weighted by atomic mass is 9.45. The van der Waals surface area contributed by atoms with Crippen LogP contribution < -0.4 is 0 Å². The highest BCUT2D eigenvalue weighted by Gasteiger charge is 2.75. The van der Waals surface area contributed by atoms with Gasteiger partial charge in [-0.05, 0) is 50.4 Å². The molecule has 1 aromatic rings. The van der Waals surface area contributed by atoms with Gasteiger partial charge in [-0.2, -0.15) is 0 Å². The van der Waals surface area contributed by atoms with Crippen molar-refractivity contribution in [1.82, 2.24) is 0 Å². The number of carbonyl (C=O) groups is 3. The molecule has 1 heterocycles. The smallest absolute Gasteiger partial charge is 0.338 e. The average molecular weight is 781 g/mol. The number of hydrogen-bond acceptors (Lipinski definition) is 9. The van der Waals surface area contributed by atoms with Gasteiger partial charge < -0.3 is 28.9 Å². The fourth-order valence-electron chi connectivity index (χ4n) is 8.86. The minimum absolute atomic E-state index is 0.0309. The molecule has 0 amide bonds. The third-order valence-corrected chi connectivity index (χ3v) is 33.4. The molecule has 7 unspecified atom stereocenters. The molecule has 3 fully saturated rings. The fourth-order valence-corrected chi connectivity index (χ4v) is 41.8. The Morgan fingerprint density at radius 2 is 1.60 bits per heavy atom. The van der Waals surface area contributed by atoms with Crippen LogP contribution in [-0.4, -0.2) is 70.7 Å². The summed E-state index contributed by atoms with van der Waals surface area (Å²) in [5.41, 5.74) is -2.11. The van der Waals surface area contributed by atoms with E-state index >= 15 is 0 Å². The van der Waals surface area contributed by atoms with E-state index < -0.39 is 98.1 Å². The highest BCUT2D eigenvalue weighted by Crippen LogP contribution is 2.98. The van der Waals surface area contributed by atoms with Crippen LogP contribution in [-0.2, 0) is 28.3 Å². The molecule has 1 aromatic carbocycles. The van der Waals surface area contributed by atoms with Crippen LogP contribution in [0.3, 0.4) is 0 Å². The van der Waals surface area contributed by atoms with Crippen molar-refractivity contribution in [2.24, 2.45) is 28.6 Å². The van der Waals surface area contributed by atoms with E-state index in [0.717, 1.165) is 0 Å². The summed E-state index contributed by atoms with van der Waals surface area (Å²) < 4.78 is 26.2. The number of Topliss-reactive ketones (excluding diaryl/α,β-unsaturated/α-hetero) is 1. The number of aliphatic hydroxyl groups is 2. The first-order valence-electron chi connectivity index (χ1n) is 15.6. The molecule has 2 N–H and O–H groups in total. The van der Waals surface area contributed by atoms with Gasteiger partial charge in [0.25, 0.3) is 0 Å². The van der Waals surface area contributed by atoms with E-state index in [9.17, 15) is 24.6 Å². The third kappa shape index (κ3) is 6.64. The Hall–Kier alpha value is 0.420. The van der Waals surface area contributed by atoms with Crippen molar-refractivity contribution in [1.29, 1.82) is 0 Å². The van der Waals surface area contributed by atoms with Gasteiger partial charge in [-0.25, -0.2) is 4.79 Å². The molecular weight excluding hydrogens is 733 g/mol. The number of carbonyl (C=O) groups excluding carboxylic acids is 3. The van der Waals surface area contributed by atoms with Gasteiger partial charge in [-0.15, -0.1) is 35.7 Å². The van der Waals surface area contributed by atoms with Gasteiger partial charge in [0.15, 0.2) is 11.4 Å². The minimum atomic E-state index is -1.40. The molecule has 4 aliphatic rings. The van der Waals surface area contributed by atoms with Crippen molar-refractivity contribution < 1.29 is 43.3 Å². The molecule has 0 spiro atoms.